The molecule has 1 unspecified atom stereocenters. The Morgan fingerprint density at radius 1 is 1.22 bits per heavy atom. The van der Waals surface area contributed by atoms with Gasteiger partial charge in [0, 0.05) is 9.13 Å². The molecular weight excluding hydrogens is 342 g/mol. The maximum atomic E-state index is 13.6. The van der Waals surface area contributed by atoms with Crippen LogP contribution in [0.15, 0.2) is 42.5 Å². The lowest BCUT2D eigenvalue weighted by Crippen LogP contribution is -2.10. The molecule has 2 rings (SSSR count). The Hall–Kier alpha value is -1.30. The van der Waals surface area contributed by atoms with E-state index in [1.807, 2.05) is 31.2 Å². The van der Waals surface area contributed by atoms with Gasteiger partial charge >= 0.3 is 0 Å². The van der Waals surface area contributed by atoms with Gasteiger partial charge in [-0.25, -0.2) is 4.39 Å². The molecule has 0 saturated heterocycles. The molecule has 18 heavy (non-hydrogen) atoms. The highest BCUT2D eigenvalue weighted by Crippen LogP contribution is 2.26. The molecule has 0 spiro atoms. The molecule has 3 N–H and O–H groups in total. The van der Waals surface area contributed by atoms with Gasteiger partial charge in [0.15, 0.2) is 0 Å². The minimum absolute atomic E-state index is 0.131. The van der Waals surface area contributed by atoms with Gasteiger partial charge in [-0.3, -0.25) is 0 Å². The molecule has 1 atom stereocenters. The first-order valence-corrected chi connectivity index (χ1v) is 6.72. The second-order valence-corrected chi connectivity index (χ2v) is 5.36. The lowest BCUT2D eigenvalue weighted by molar-refractivity contribution is 0.600. The van der Waals surface area contributed by atoms with Crippen molar-refractivity contribution < 1.29 is 4.39 Å². The van der Waals surface area contributed by atoms with Gasteiger partial charge in [-0.1, -0.05) is 18.2 Å². The van der Waals surface area contributed by atoms with Crippen LogP contribution in [-0.4, -0.2) is 0 Å². The summed E-state index contributed by atoms with van der Waals surface area (Å²) in [7, 11) is 0. The number of nitrogen functional groups attached to an aromatic ring is 1. The zero-order valence-corrected chi connectivity index (χ0v) is 12.1. The number of anilines is 2. The van der Waals surface area contributed by atoms with E-state index in [4.69, 9.17) is 5.73 Å². The Morgan fingerprint density at radius 2 is 1.94 bits per heavy atom. The average Bonchev–Trinajstić information content (AvgIpc) is 2.33. The Kier molecular flexibility index (Phi) is 4.06. The van der Waals surface area contributed by atoms with Crippen molar-refractivity contribution in [2.75, 3.05) is 11.1 Å². The van der Waals surface area contributed by atoms with Crippen LogP contribution in [0, 0.1) is 9.39 Å². The van der Waals surface area contributed by atoms with Crippen LogP contribution in [0.1, 0.15) is 18.5 Å². The van der Waals surface area contributed by atoms with Gasteiger partial charge < -0.3 is 11.1 Å². The molecule has 0 aromatic heterocycles. The monoisotopic (exact) mass is 356 g/mol. The maximum absolute atomic E-state index is 13.6. The quantitative estimate of drug-likeness (QED) is 0.640. The van der Waals surface area contributed by atoms with Gasteiger partial charge in [-0.15, -0.1) is 0 Å². The summed E-state index contributed by atoms with van der Waals surface area (Å²) >= 11 is 2.20. The summed E-state index contributed by atoms with van der Waals surface area (Å²) in [6, 6.07) is 12.4. The fourth-order valence-electron chi connectivity index (χ4n) is 1.80. The van der Waals surface area contributed by atoms with Gasteiger partial charge in [0.2, 0.25) is 0 Å². The smallest absolute Gasteiger partial charge is 0.128 e. The van der Waals surface area contributed by atoms with Gasteiger partial charge in [-0.2, -0.15) is 0 Å². The lowest BCUT2D eigenvalue weighted by Gasteiger charge is -2.17. The first-order chi connectivity index (χ1) is 8.58. The Morgan fingerprint density at radius 3 is 2.61 bits per heavy atom. The molecule has 0 heterocycles. The second kappa shape index (κ2) is 5.56. The normalized spacial score (nSPS) is 12.2. The molecular formula is C14H14FIN2. The topological polar surface area (TPSA) is 38.0 Å². The first kappa shape index (κ1) is 13.1. The summed E-state index contributed by atoms with van der Waals surface area (Å²) in [5, 5.41) is 3.23. The molecule has 0 amide bonds. The number of hydrogen-bond acceptors (Lipinski definition) is 2. The Balaban J connectivity index is 2.21. The fraction of sp³-hybridized carbons (Fsp3) is 0.143. The second-order valence-electron chi connectivity index (χ2n) is 4.12. The molecule has 0 fully saturated rings. The number of halogens is 2. The van der Waals surface area contributed by atoms with Crippen molar-refractivity contribution in [3.63, 3.8) is 0 Å². The van der Waals surface area contributed by atoms with E-state index in [1.165, 1.54) is 6.07 Å². The number of hydrogen-bond donors (Lipinski definition) is 2. The number of nitrogens with two attached hydrogens (primary N) is 1. The van der Waals surface area contributed by atoms with Crippen molar-refractivity contribution in [2.24, 2.45) is 0 Å². The van der Waals surface area contributed by atoms with E-state index < -0.39 is 0 Å². The number of nitrogens with one attached hydrogen (secondary N) is 1. The van der Waals surface area contributed by atoms with Crippen LogP contribution in [0.3, 0.4) is 0 Å². The van der Waals surface area contributed by atoms with Crippen molar-refractivity contribution in [1.82, 2.24) is 0 Å². The highest BCUT2D eigenvalue weighted by Gasteiger charge is 2.11. The molecule has 0 radical (unpaired) electrons. The zero-order valence-electron chi connectivity index (χ0n) is 9.95. The summed E-state index contributed by atoms with van der Waals surface area (Å²) < 4.78 is 14.7. The highest BCUT2D eigenvalue weighted by molar-refractivity contribution is 14.1. The van der Waals surface area contributed by atoms with Crippen LogP contribution in [0.4, 0.5) is 15.8 Å². The van der Waals surface area contributed by atoms with Crippen LogP contribution < -0.4 is 11.1 Å². The SMILES string of the molecule is CC(Nc1ccc(I)cc1N)c1ccccc1F. The summed E-state index contributed by atoms with van der Waals surface area (Å²) in [5.41, 5.74) is 8.06. The minimum Gasteiger partial charge on any atom is -0.397 e. The van der Waals surface area contributed by atoms with E-state index in [1.54, 1.807) is 12.1 Å². The van der Waals surface area contributed by atoms with Gasteiger partial charge in [0.25, 0.3) is 0 Å². The van der Waals surface area contributed by atoms with Crippen LogP contribution in [0.2, 0.25) is 0 Å². The predicted octanol–water partition coefficient (Wildman–Crippen LogP) is 4.19. The molecule has 0 aliphatic carbocycles. The number of rotatable bonds is 3. The van der Waals surface area contributed by atoms with Crippen molar-refractivity contribution >= 4 is 34.0 Å². The van der Waals surface area contributed by atoms with E-state index in [0.29, 0.717) is 11.3 Å². The van der Waals surface area contributed by atoms with Gasteiger partial charge in [0.05, 0.1) is 17.4 Å². The predicted molar refractivity (Wildman–Crippen MR) is 82.0 cm³/mol. The van der Waals surface area contributed by atoms with Crippen molar-refractivity contribution in [3.05, 3.63) is 57.4 Å². The molecule has 0 aliphatic rings. The highest BCUT2D eigenvalue weighted by atomic mass is 127. The molecule has 2 aromatic rings. The van der Waals surface area contributed by atoms with E-state index in [9.17, 15) is 4.39 Å². The third kappa shape index (κ3) is 2.93. The molecule has 2 aromatic carbocycles. The zero-order chi connectivity index (χ0) is 13.1. The molecule has 4 heteroatoms. The third-order valence-corrected chi connectivity index (χ3v) is 3.43. The molecule has 94 valence electrons. The summed E-state index contributed by atoms with van der Waals surface area (Å²) in [6.45, 7) is 1.91. The summed E-state index contributed by atoms with van der Waals surface area (Å²) in [4.78, 5) is 0. The van der Waals surface area contributed by atoms with Gasteiger partial charge in [-0.05, 0) is 53.8 Å². The van der Waals surface area contributed by atoms with Crippen molar-refractivity contribution in [1.29, 1.82) is 0 Å². The fourth-order valence-corrected chi connectivity index (χ4v) is 2.32. The first-order valence-electron chi connectivity index (χ1n) is 5.64. The lowest BCUT2D eigenvalue weighted by atomic mass is 10.1. The van der Waals surface area contributed by atoms with Crippen LogP contribution in [-0.2, 0) is 0 Å². The summed E-state index contributed by atoms with van der Waals surface area (Å²) in [6.07, 6.45) is 0. The number of benzene rings is 2. The van der Waals surface area contributed by atoms with Crippen LogP contribution >= 0.6 is 22.6 Å². The van der Waals surface area contributed by atoms with Crippen LogP contribution in [0.25, 0.3) is 0 Å². The average molecular weight is 356 g/mol. The minimum atomic E-state index is -0.207. The molecule has 0 saturated carbocycles. The maximum Gasteiger partial charge on any atom is 0.128 e. The third-order valence-electron chi connectivity index (χ3n) is 2.76. The van der Waals surface area contributed by atoms with Crippen molar-refractivity contribution in [2.45, 2.75) is 13.0 Å². The molecule has 0 aliphatic heterocycles. The summed E-state index contributed by atoms with van der Waals surface area (Å²) in [5.74, 6) is -0.207. The van der Waals surface area contributed by atoms with E-state index in [-0.39, 0.29) is 11.9 Å². The Labute approximate surface area is 120 Å². The molecule has 0 bridgehead atoms. The molecule has 2 nitrogen and oxygen atoms in total. The standard InChI is InChI=1S/C14H14FIN2/c1-9(11-4-2-3-5-12(11)15)18-14-7-6-10(16)8-13(14)17/h2-9,18H,17H2,1H3. The van der Waals surface area contributed by atoms with Crippen molar-refractivity contribution in [3.8, 4) is 0 Å². The van der Waals surface area contributed by atoms with E-state index in [0.717, 1.165) is 9.26 Å². The Bertz CT molecular complexity index is 557. The largest absolute Gasteiger partial charge is 0.397 e. The van der Waals surface area contributed by atoms with Gasteiger partial charge in [0.1, 0.15) is 5.82 Å². The van der Waals surface area contributed by atoms with E-state index in [2.05, 4.69) is 27.9 Å². The van der Waals surface area contributed by atoms with Crippen LogP contribution in [0.5, 0.6) is 0 Å². The van der Waals surface area contributed by atoms with E-state index >= 15 is 0 Å².